The molecule has 0 bridgehead atoms. The molecule has 0 saturated heterocycles. The van der Waals surface area contributed by atoms with Crippen LogP contribution in [0.15, 0.2) is 24.7 Å². The normalized spacial score (nSPS) is 10.8. The predicted molar refractivity (Wildman–Crippen MR) is 78.7 cm³/mol. The van der Waals surface area contributed by atoms with Crippen LogP contribution < -0.4 is 10.5 Å². The lowest BCUT2D eigenvalue weighted by Crippen LogP contribution is -2.04. The van der Waals surface area contributed by atoms with Gasteiger partial charge in [-0.05, 0) is 25.5 Å². The van der Waals surface area contributed by atoms with E-state index in [1.807, 2.05) is 19.9 Å². The van der Waals surface area contributed by atoms with Crippen LogP contribution in [0.1, 0.15) is 12.5 Å². The summed E-state index contributed by atoms with van der Waals surface area (Å²) in [6.45, 7) is 4.30. The summed E-state index contributed by atoms with van der Waals surface area (Å²) in [6, 6.07) is 1.99. The van der Waals surface area contributed by atoms with Crippen molar-refractivity contribution >= 4 is 17.1 Å². The number of aromatic nitrogens is 5. The predicted octanol–water partition coefficient (Wildman–Crippen LogP) is 1.77. The fraction of sp³-hybridized carbons (Fsp3) is 0.214. The molecular formula is C14H14N6O. The monoisotopic (exact) mass is 282 g/mol. The van der Waals surface area contributed by atoms with Crippen LogP contribution in [0.4, 0.5) is 5.95 Å². The molecular weight excluding hydrogens is 268 g/mol. The zero-order chi connectivity index (χ0) is 14.8. The zero-order valence-electron chi connectivity index (χ0n) is 11.7. The van der Waals surface area contributed by atoms with Crippen molar-refractivity contribution in [2.75, 3.05) is 12.3 Å². The second-order valence-corrected chi connectivity index (χ2v) is 4.50. The van der Waals surface area contributed by atoms with E-state index in [0.717, 1.165) is 11.1 Å². The van der Waals surface area contributed by atoms with Gasteiger partial charge in [0, 0.05) is 18.0 Å². The van der Waals surface area contributed by atoms with Gasteiger partial charge in [0.05, 0.1) is 18.5 Å². The van der Waals surface area contributed by atoms with Crippen LogP contribution in [-0.2, 0) is 0 Å². The fourth-order valence-corrected chi connectivity index (χ4v) is 1.97. The lowest BCUT2D eigenvalue weighted by Gasteiger charge is -2.07. The second kappa shape index (κ2) is 5.28. The summed E-state index contributed by atoms with van der Waals surface area (Å²) in [7, 11) is 0. The Balaban J connectivity index is 2.19. The average Bonchev–Trinajstić information content (AvgIpc) is 2.47. The molecule has 7 heteroatoms. The van der Waals surface area contributed by atoms with Gasteiger partial charge in [0.25, 0.3) is 0 Å². The number of rotatable bonds is 3. The molecule has 3 heterocycles. The average molecular weight is 282 g/mol. The molecule has 0 unspecified atom stereocenters. The number of nitrogen functional groups attached to an aromatic ring is 1. The number of aryl methyl sites for hydroxylation is 1. The molecule has 0 aromatic carbocycles. The van der Waals surface area contributed by atoms with Crippen molar-refractivity contribution in [3.8, 4) is 17.1 Å². The van der Waals surface area contributed by atoms with Gasteiger partial charge in [-0.1, -0.05) is 0 Å². The van der Waals surface area contributed by atoms with E-state index in [0.29, 0.717) is 29.3 Å². The van der Waals surface area contributed by atoms with Gasteiger partial charge in [0.2, 0.25) is 11.8 Å². The maximum Gasteiger partial charge on any atom is 0.247 e. The van der Waals surface area contributed by atoms with Gasteiger partial charge in [-0.25, -0.2) is 9.97 Å². The van der Waals surface area contributed by atoms with Gasteiger partial charge >= 0.3 is 0 Å². The van der Waals surface area contributed by atoms with E-state index in [1.54, 1.807) is 18.6 Å². The first-order chi connectivity index (χ1) is 10.2. The van der Waals surface area contributed by atoms with Gasteiger partial charge in [-0.3, -0.25) is 4.98 Å². The van der Waals surface area contributed by atoms with Gasteiger partial charge < -0.3 is 10.5 Å². The second-order valence-electron chi connectivity index (χ2n) is 4.50. The third-order valence-electron chi connectivity index (χ3n) is 2.84. The Kier molecular flexibility index (Phi) is 3.31. The number of hydrogen-bond acceptors (Lipinski definition) is 7. The summed E-state index contributed by atoms with van der Waals surface area (Å²) in [5, 5.41) is 0. The Labute approximate surface area is 121 Å². The van der Waals surface area contributed by atoms with Crippen LogP contribution >= 0.6 is 0 Å². The van der Waals surface area contributed by atoms with E-state index >= 15 is 0 Å². The summed E-state index contributed by atoms with van der Waals surface area (Å²) in [6.07, 6.45) is 5.16. The van der Waals surface area contributed by atoms with Crippen molar-refractivity contribution in [3.63, 3.8) is 0 Å². The summed E-state index contributed by atoms with van der Waals surface area (Å²) < 4.78 is 5.47. The van der Waals surface area contributed by atoms with Gasteiger partial charge in [-0.2, -0.15) is 9.97 Å². The van der Waals surface area contributed by atoms with Crippen molar-refractivity contribution in [3.05, 3.63) is 30.2 Å². The molecule has 2 N–H and O–H groups in total. The summed E-state index contributed by atoms with van der Waals surface area (Å²) >= 11 is 0. The largest absolute Gasteiger partial charge is 0.476 e. The molecule has 0 aliphatic carbocycles. The lowest BCUT2D eigenvalue weighted by molar-refractivity contribution is 0.330. The number of nitrogens with two attached hydrogens (primary N) is 1. The lowest BCUT2D eigenvalue weighted by atomic mass is 10.2. The Morgan fingerprint density at radius 3 is 2.76 bits per heavy atom. The van der Waals surface area contributed by atoms with Crippen LogP contribution in [0.5, 0.6) is 5.88 Å². The molecule has 0 amide bonds. The first-order valence-electron chi connectivity index (χ1n) is 6.52. The third-order valence-corrected chi connectivity index (χ3v) is 2.84. The molecule has 0 atom stereocenters. The molecule has 0 fully saturated rings. The van der Waals surface area contributed by atoms with Crippen molar-refractivity contribution < 1.29 is 4.74 Å². The standard InChI is InChI=1S/C14H14N6O/c1-3-21-13-11-12(19-14(15)20-13)17-7-10(18-11)9-4-8(2)5-16-6-9/h4-7H,3H2,1-2H3,(H2,15,17,19,20). The summed E-state index contributed by atoms with van der Waals surface area (Å²) in [5.41, 5.74) is 9.16. The summed E-state index contributed by atoms with van der Waals surface area (Å²) in [4.78, 5) is 21.1. The maximum absolute atomic E-state index is 5.64. The Morgan fingerprint density at radius 1 is 1.14 bits per heavy atom. The van der Waals surface area contributed by atoms with Crippen LogP contribution in [0, 0.1) is 6.92 Å². The highest BCUT2D eigenvalue weighted by Gasteiger charge is 2.12. The van der Waals surface area contributed by atoms with Gasteiger partial charge in [0.15, 0.2) is 11.2 Å². The van der Waals surface area contributed by atoms with Gasteiger partial charge in [0.1, 0.15) is 0 Å². The van der Waals surface area contributed by atoms with E-state index in [1.165, 1.54) is 0 Å². The molecule has 0 spiro atoms. The maximum atomic E-state index is 5.64. The third kappa shape index (κ3) is 2.58. The number of anilines is 1. The smallest absolute Gasteiger partial charge is 0.247 e. The molecule has 3 aromatic rings. The number of pyridine rings is 1. The molecule has 3 rings (SSSR count). The summed E-state index contributed by atoms with van der Waals surface area (Å²) in [5.74, 6) is 0.459. The van der Waals surface area contributed by atoms with Crippen LogP contribution in [-0.4, -0.2) is 31.5 Å². The molecule has 0 radical (unpaired) electrons. The van der Waals surface area contributed by atoms with Crippen molar-refractivity contribution in [1.29, 1.82) is 0 Å². The van der Waals surface area contributed by atoms with E-state index < -0.39 is 0 Å². The zero-order valence-corrected chi connectivity index (χ0v) is 11.7. The van der Waals surface area contributed by atoms with Crippen LogP contribution in [0.2, 0.25) is 0 Å². The van der Waals surface area contributed by atoms with Crippen molar-refractivity contribution in [2.24, 2.45) is 0 Å². The minimum atomic E-state index is 0.116. The number of fused-ring (bicyclic) bond motifs is 1. The number of ether oxygens (including phenoxy) is 1. The molecule has 0 aliphatic rings. The number of nitrogens with zero attached hydrogens (tertiary/aromatic N) is 5. The molecule has 0 saturated carbocycles. The molecule has 0 aliphatic heterocycles. The Bertz CT molecular complexity index is 805. The van der Waals surface area contributed by atoms with E-state index in [-0.39, 0.29) is 5.95 Å². The highest BCUT2D eigenvalue weighted by Crippen LogP contribution is 2.24. The van der Waals surface area contributed by atoms with Crippen molar-refractivity contribution in [1.82, 2.24) is 24.9 Å². The van der Waals surface area contributed by atoms with E-state index in [9.17, 15) is 0 Å². The molecule has 7 nitrogen and oxygen atoms in total. The SMILES string of the molecule is CCOc1nc(N)nc2ncc(-c3cncc(C)c3)nc12. The van der Waals surface area contributed by atoms with Crippen LogP contribution in [0.25, 0.3) is 22.4 Å². The first-order valence-corrected chi connectivity index (χ1v) is 6.52. The van der Waals surface area contributed by atoms with E-state index in [4.69, 9.17) is 10.5 Å². The minimum absolute atomic E-state index is 0.116. The van der Waals surface area contributed by atoms with Crippen LogP contribution in [0.3, 0.4) is 0 Å². The molecule has 3 aromatic heterocycles. The first kappa shape index (κ1) is 13.2. The minimum Gasteiger partial charge on any atom is -0.476 e. The Morgan fingerprint density at radius 2 is 2.00 bits per heavy atom. The van der Waals surface area contributed by atoms with E-state index in [2.05, 4.69) is 24.9 Å². The quantitative estimate of drug-likeness (QED) is 0.781. The van der Waals surface area contributed by atoms with Crippen molar-refractivity contribution in [2.45, 2.75) is 13.8 Å². The van der Waals surface area contributed by atoms with Gasteiger partial charge in [-0.15, -0.1) is 0 Å². The molecule has 21 heavy (non-hydrogen) atoms. The highest BCUT2D eigenvalue weighted by molar-refractivity contribution is 5.79. The topological polar surface area (TPSA) is 99.7 Å². The number of hydrogen-bond donors (Lipinski definition) is 1. The molecule has 106 valence electrons. The fourth-order valence-electron chi connectivity index (χ4n) is 1.97. The Hall–Kier alpha value is -2.83. The highest BCUT2D eigenvalue weighted by atomic mass is 16.5.